The number of hydrogen-bond acceptors (Lipinski definition) is 3. The third-order valence-corrected chi connectivity index (χ3v) is 3.24. The molecule has 0 saturated heterocycles. The van der Waals surface area contributed by atoms with Crippen molar-refractivity contribution in [1.29, 1.82) is 5.26 Å². The summed E-state index contributed by atoms with van der Waals surface area (Å²) in [5.41, 5.74) is 2.41. The van der Waals surface area contributed by atoms with Crippen molar-refractivity contribution in [3.8, 4) is 6.07 Å². The molecule has 0 radical (unpaired) electrons. The molecule has 0 aliphatic heterocycles. The fourth-order valence-electron chi connectivity index (χ4n) is 2.22. The van der Waals surface area contributed by atoms with Crippen LogP contribution in [0, 0.1) is 17.1 Å². The van der Waals surface area contributed by atoms with Crippen LogP contribution in [0.25, 0.3) is 5.65 Å². The van der Waals surface area contributed by atoms with Gasteiger partial charge in [-0.2, -0.15) is 5.26 Å². The Morgan fingerprint density at radius 2 is 2.14 bits per heavy atom. The van der Waals surface area contributed by atoms with Crippen LogP contribution in [0.15, 0.2) is 48.8 Å². The minimum atomic E-state index is -0.504. The highest BCUT2D eigenvalue weighted by Gasteiger charge is 2.07. The average Bonchev–Trinajstić information content (AvgIpc) is 2.90. The summed E-state index contributed by atoms with van der Waals surface area (Å²) in [6, 6.07) is 12.3. The number of benzene rings is 1. The maximum atomic E-state index is 13.5. The van der Waals surface area contributed by atoms with Gasteiger partial charge in [-0.1, -0.05) is 12.1 Å². The summed E-state index contributed by atoms with van der Waals surface area (Å²) in [7, 11) is 0. The molecule has 4 nitrogen and oxygen atoms in total. The SMILES string of the molecule is N#Cc1c(F)cccc1NCCc1cn2ccccc2n1. The number of hydrogen-bond donors (Lipinski definition) is 1. The molecule has 0 atom stereocenters. The molecule has 0 fully saturated rings. The number of rotatable bonds is 4. The van der Waals surface area contributed by atoms with E-state index in [1.807, 2.05) is 41.1 Å². The third-order valence-electron chi connectivity index (χ3n) is 3.24. The van der Waals surface area contributed by atoms with Crippen LogP contribution in [0.4, 0.5) is 10.1 Å². The van der Waals surface area contributed by atoms with E-state index in [0.717, 1.165) is 11.3 Å². The first kappa shape index (κ1) is 13.1. The van der Waals surface area contributed by atoms with E-state index in [4.69, 9.17) is 5.26 Å². The smallest absolute Gasteiger partial charge is 0.143 e. The summed E-state index contributed by atoms with van der Waals surface area (Å²) in [4.78, 5) is 4.49. The van der Waals surface area contributed by atoms with Gasteiger partial charge in [0.25, 0.3) is 0 Å². The summed E-state index contributed by atoms with van der Waals surface area (Å²) < 4.78 is 15.4. The molecule has 0 bridgehead atoms. The molecule has 0 amide bonds. The highest BCUT2D eigenvalue weighted by molar-refractivity contribution is 5.57. The topological polar surface area (TPSA) is 53.1 Å². The zero-order valence-corrected chi connectivity index (χ0v) is 11.3. The van der Waals surface area contributed by atoms with Crippen molar-refractivity contribution >= 4 is 11.3 Å². The molecule has 3 aromatic rings. The molecular weight excluding hydrogens is 267 g/mol. The number of nitriles is 1. The molecule has 5 heteroatoms. The maximum absolute atomic E-state index is 13.5. The molecule has 1 N–H and O–H groups in total. The third kappa shape index (κ3) is 2.70. The highest BCUT2D eigenvalue weighted by Crippen LogP contribution is 2.17. The molecule has 1 aromatic carbocycles. The summed E-state index contributed by atoms with van der Waals surface area (Å²) in [6.07, 6.45) is 4.61. The number of aromatic nitrogens is 2. The zero-order chi connectivity index (χ0) is 14.7. The number of imidazole rings is 1. The monoisotopic (exact) mass is 280 g/mol. The summed E-state index contributed by atoms with van der Waals surface area (Å²) in [5, 5.41) is 12.1. The van der Waals surface area contributed by atoms with E-state index in [-0.39, 0.29) is 5.56 Å². The maximum Gasteiger partial charge on any atom is 0.143 e. The van der Waals surface area contributed by atoms with Gasteiger partial charge in [0.2, 0.25) is 0 Å². The number of fused-ring (bicyclic) bond motifs is 1. The van der Waals surface area contributed by atoms with Gasteiger partial charge in [-0.05, 0) is 24.3 Å². The van der Waals surface area contributed by atoms with Gasteiger partial charge in [0.1, 0.15) is 23.1 Å². The lowest BCUT2D eigenvalue weighted by Gasteiger charge is -2.07. The summed E-state index contributed by atoms with van der Waals surface area (Å²) >= 11 is 0. The highest BCUT2D eigenvalue weighted by atomic mass is 19.1. The van der Waals surface area contributed by atoms with Crippen LogP contribution in [0.2, 0.25) is 0 Å². The lowest BCUT2D eigenvalue weighted by atomic mass is 10.2. The van der Waals surface area contributed by atoms with Crippen LogP contribution in [0.5, 0.6) is 0 Å². The van der Waals surface area contributed by atoms with E-state index in [1.165, 1.54) is 6.07 Å². The van der Waals surface area contributed by atoms with Gasteiger partial charge < -0.3 is 9.72 Å². The molecule has 0 saturated carbocycles. The quantitative estimate of drug-likeness (QED) is 0.799. The second-order valence-electron chi connectivity index (χ2n) is 4.65. The average molecular weight is 280 g/mol. The minimum Gasteiger partial charge on any atom is -0.383 e. The minimum absolute atomic E-state index is 0.0486. The molecule has 0 aliphatic rings. The summed E-state index contributed by atoms with van der Waals surface area (Å²) in [6.45, 7) is 0.585. The van der Waals surface area contributed by atoms with E-state index in [1.54, 1.807) is 12.1 Å². The van der Waals surface area contributed by atoms with Crippen LogP contribution in [-0.2, 0) is 6.42 Å². The van der Waals surface area contributed by atoms with Crippen molar-refractivity contribution in [3.05, 3.63) is 65.9 Å². The number of pyridine rings is 1. The first-order valence-corrected chi connectivity index (χ1v) is 6.63. The predicted octanol–water partition coefficient (Wildman–Crippen LogP) is 3.00. The van der Waals surface area contributed by atoms with Crippen molar-refractivity contribution in [2.45, 2.75) is 6.42 Å². The Balaban J connectivity index is 1.69. The van der Waals surface area contributed by atoms with Crippen molar-refractivity contribution in [1.82, 2.24) is 9.38 Å². The van der Waals surface area contributed by atoms with E-state index in [2.05, 4.69) is 10.3 Å². The van der Waals surface area contributed by atoms with Crippen molar-refractivity contribution < 1.29 is 4.39 Å². The molecule has 3 rings (SSSR count). The van der Waals surface area contributed by atoms with Gasteiger partial charge in [-0.15, -0.1) is 0 Å². The number of anilines is 1. The largest absolute Gasteiger partial charge is 0.383 e. The van der Waals surface area contributed by atoms with E-state index in [9.17, 15) is 4.39 Å². The fraction of sp³-hybridized carbons (Fsp3) is 0.125. The molecule has 0 unspecified atom stereocenters. The van der Waals surface area contributed by atoms with Gasteiger partial charge in [-0.3, -0.25) is 0 Å². The van der Waals surface area contributed by atoms with Crippen molar-refractivity contribution in [2.75, 3.05) is 11.9 Å². The van der Waals surface area contributed by atoms with Crippen molar-refractivity contribution in [2.24, 2.45) is 0 Å². The Labute approximate surface area is 121 Å². The second kappa shape index (κ2) is 5.63. The van der Waals surface area contributed by atoms with Gasteiger partial charge >= 0.3 is 0 Å². The first-order chi connectivity index (χ1) is 10.3. The van der Waals surface area contributed by atoms with Crippen molar-refractivity contribution in [3.63, 3.8) is 0 Å². The normalized spacial score (nSPS) is 10.5. The molecular formula is C16H13FN4. The van der Waals surface area contributed by atoms with E-state index >= 15 is 0 Å². The van der Waals surface area contributed by atoms with Gasteiger partial charge in [-0.25, -0.2) is 9.37 Å². The molecule has 104 valence electrons. The van der Waals surface area contributed by atoms with Crippen LogP contribution in [-0.4, -0.2) is 15.9 Å². The standard InChI is InChI=1S/C16H13FN4/c17-14-4-3-5-15(13(14)10-18)19-8-7-12-11-21-9-2-1-6-16(21)20-12/h1-6,9,11,19H,7-8H2. The Kier molecular flexibility index (Phi) is 3.52. The van der Waals surface area contributed by atoms with Crippen LogP contribution in [0.3, 0.4) is 0 Å². The molecule has 0 aliphatic carbocycles. The molecule has 2 heterocycles. The number of nitrogens with zero attached hydrogens (tertiary/aromatic N) is 3. The first-order valence-electron chi connectivity index (χ1n) is 6.63. The van der Waals surface area contributed by atoms with E-state index in [0.29, 0.717) is 18.7 Å². The lowest BCUT2D eigenvalue weighted by Crippen LogP contribution is -2.07. The van der Waals surface area contributed by atoms with Crippen LogP contribution in [0.1, 0.15) is 11.3 Å². The van der Waals surface area contributed by atoms with Gasteiger partial charge in [0, 0.05) is 25.4 Å². The Bertz CT molecular complexity index is 784. The zero-order valence-electron chi connectivity index (χ0n) is 11.3. The molecule has 21 heavy (non-hydrogen) atoms. The molecule has 2 aromatic heterocycles. The Morgan fingerprint density at radius 1 is 1.24 bits per heavy atom. The summed E-state index contributed by atoms with van der Waals surface area (Å²) in [5.74, 6) is -0.504. The molecule has 0 spiro atoms. The van der Waals surface area contributed by atoms with Gasteiger partial charge in [0.15, 0.2) is 0 Å². The van der Waals surface area contributed by atoms with E-state index < -0.39 is 5.82 Å². The number of halogens is 1. The van der Waals surface area contributed by atoms with Crippen LogP contribution >= 0.6 is 0 Å². The predicted molar refractivity (Wildman–Crippen MR) is 78.5 cm³/mol. The number of nitrogens with one attached hydrogen (secondary N) is 1. The Morgan fingerprint density at radius 3 is 2.95 bits per heavy atom. The van der Waals surface area contributed by atoms with Crippen LogP contribution < -0.4 is 5.32 Å². The Hall–Kier alpha value is -2.87. The fourth-order valence-corrected chi connectivity index (χ4v) is 2.22. The second-order valence-corrected chi connectivity index (χ2v) is 4.65. The lowest BCUT2D eigenvalue weighted by molar-refractivity contribution is 0.624. The van der Waals surface area contributed by atoms with Gasteiger partial charge in [0.05, 0.1) is 11.4 Å².